The first-order valence-electron chi connectivity index (χ1n) is 6.96. The highest BCUT2D eigenvalue weighted by Crippen LogP contribution is 2.17. The molecule has 0 saturated carbocycles. The van der Waals surface area contributed by atoms with Crippen molar-refractivity contribution in [2.45, 2.75) is 59.5 Å². The van der Waals surface area contributed by atoms with Crippen LogP contribution in [0, 0.1) is 6.92 Å². The maximum atomic E-state index is 5.82. The van der Waals surface area contributed by atoms with Gasteiger partial charge in [0.25, 0.3) is 0 Å². The second kappa shape index (κ2) is 8.09. The van der Waals surface area contributed by atoms with E-state index in [1.165, 1.54) is 12.8 Å². The molecule has 0 radical (unpaired) electrons. The smallest absolute Gasteiger partial charge is 0.142 e. The van der Waals surface area contributed by atoms with E-state index in [4.69, 9.17) is 4.74 Å². The molecule has 3 heteroatoms. The summed E-state index contributed by atoms with van der Waals surface area (Å²) in [6.07, 6.45) is 3.55. The molecule has 1 N–H and O–H groups in total. The fraction of sp³-hybridized carbons (Fsp3) is 0.667. The molecule has 0 saturated heterocycles. The van der Waals surface area contributed by atoms with Crippen molar-refractivity contribution >= 4 is 0 Å². The van der Waals surface area contributed by atoms with Gasteiger partial charge in [-0.1, -0.05) is 33.6 Å². The first-order valence-corrected chi connectivity index (χ1v) is 6.96. The number of aryl methyl sites for hydroxylation is 1. The predicted molar refractivity (Wildman–Crippen MR) is 76.0 cm³/mol. The van der Waals surface area contributed by atoms with Crippen LogP contribution in [0.3, 0.4) is 0 Å². The molecule has 0 amide bonds. The number of aromatic nitrogens is 1. The van der Waals surface area contributed by atoms with Crippen LogP contribution in [0.5, 0.6) is 5.75 Å². The molecule has 0 unspecified atom stereocenters. The van der Waals surface area contributed by atoms with E-state index >= 15 is 0 Å². The largest absolute Gasteiger partial charge is 0.492 e. The molecule has 1 aromatic rings. The minimum Gasteiger partial charge on any atom is -0.492 e. The molecular weight excluding hydrogens is 224 g/mol. The highest BCUT2D eigenvalue weighted by Gasteiger charge is 2.06. The second-order valence-corrected chi connectivity index (χ2v) is 4.99. The first kappa shape index (κ1) is 15.0. The van der Waals surface area contributed by atoms with Gasteiger partial charge in [0.05, 0.1) is 12.3 Å². The highest BCUT2D eigenvalue weighted by atomic mass is 16.5. The summed E-state index contributed by atoms with van der Waals surface area (Å²) in [6.45, 7) is 10.0. The van der Waals surface area contributed by atoms with E-state index in [9.17, 15) is 0 Å². The lowest BCUT2D eigenvalue weighted by atomic mass is 10.2. The maximum absolute atomic E-state index is 5.82. The standard InChI is InChI=1S/C15H26N2O/c1-5-6-7-10-18-15-9-8-13(4)17-14(15)11-16-12(2)3/h8-9,12,16H,5-7,10-11H2,1-4H3. The molecule has 0 aliphatic heterocycles. The quantitative estimate of drug-likeness (QED) is 0.717. The van der Waals surface area contributed by atoms with Gasteiger partial charge in [-0.25, -0.2) is 0 Å². The predicted octanol–water partition coefficient (Wildman–Crippen LogP) is 3.46. The SMILES string of the molecule is CCCCCOc1ccc(C)nc1CNC(C)C. The van der Waals surface area contributed by atoms with Crippen LogP contribution in [0.2, 0.25) is 0 Å². The number of unbranched alkanes of at least 4 members (excludes halogenated alkanes) is 2. The first-order chi connectivity index (χ1) is 8.63. The van der Waals surface area contributed by atoms with E-state index < -0.39 is 0 Å². The van der Waals surface area contributed by atoms with E-state index in [0.29, 0.717) is 6.04 Å². The second-order valence-electron chi connectivity index (χ2n) is 4.99. The van der Waals surface area contributed by atoms with Gasteiger partial charge in [0.15, 0.2) is 0 Å². The van der Waals surface area contributed by atoms with E-state index in [1.54, 1.807) is 0 Å². The summed E-state index contributed by atoms with van der Waals surface area (Å²) >= 11 is 0. The molecule has 0 bridgehead atoms. The molecule has 3 nitrogen and oxygen atoms in total. The Morgan fingerprint density at radius 2 is 2.06 bits per heavy atom. The van der Waals surface area contributed by atoms with Gasteiger partial charge in [-0.05, 0) is 25.5 Å². The summed E-state index contributed by atoms with van der Waals surface area (Å²) < 4.78 is 5.82. The number of nitrogens with zero attached hydrogens (tertiary/aromatic N) is 1. The summed E-state index contributed by atoms with van der Waals surface area (Å²) in [4.78, 5) is 4.56. The topological polar surface area (TPSA) is 34.1 Å². The molecule has 0 atom stereocenters. The van der Waals surface area contributed by atoms with Gasteiger partial charge in [-0.15, -0.1) is 0 Å². The Bertz CT molecular complexity index is 350. The molecule has 0 fully saturated rings. The Labute approximate surface area is 111 Å². The fourth-order valence-corrected chi connectivity index (χ4v) is 1.69. The fourth-order valence-electron chi connectivity index (χ4n) is 1.69. The maximum Gasteiger partial charge on any atom is 0.142 e. The molecule has 0 spiro atoms. The van der Waals surface area contributed by atoms with Gasteiger partial charge in [0.1, 0.15) is 5.75 Å². The van der Waals surface area contributed by atoms with E-state index in [-0.39, 0.29) is 0 Å². The van der Waals surface area contributed by atoms with E-state index in [1.807, 2.05) is 19.1 Å². The van der Waals surface area contributed by atoms with Crippen molar-refractivity contribution in [1.29, 1.82) is 0 Å². The Morgan fingerprint density at radius 3 is 2.72 bits per heavy atom. The third kappa shape index (κ3) is 5.50. The third-order valence-electron chi connectivity index (χ3n) is 2.75. The van der Waals surface area contributed by atoms with E-state index in [0.717, 1.165) is 36.7 Å². The molecule has 0 aliphatic carbocycles. The van der Waals surface area contributed by atoms with Crippen molar-refractivity contribution in [1.82, 2.24) is 10.3 Å². The van der Waals surface area contributed by atoms with Crippen molar-refractivity contribution in [3.05, 3.63) is 23.5 Å². The van der Waals surface area contributed by atoms with Crippen LogP contribution in [0.1, 0.15) is 51.4 Å². The summed E-state index contributed by atoms with van der Waals surface area (Å²) in [5.41, 5.74) is 2.05. The summed E-state index contributed by atoms with van der Waals surface area (Å²) in [6, 6.07) is 4.50. The molecular formula is C15H26N2O. The van der Waals surface area contributed by atoms with Crippen molar-refractivity contribution in [3.8, 4) is 5.75 Å². The van der Waals surface area contributed by atoms with Gasteiger partial charge in [0, 0.05) is 18.3 Å². The lowest BCUT2D eigenvalue weighted by Crippen LogP contribution is -2.23. The molecule has 18 heavy (non-hydrogen) atoms. The van der Waals surface area contributed by atoms with Crippen LogP contribution in [0.25, 0.3) is 0 Å². The normalized spacial score (nSPS) is 10.9. The molecule has 102 valence electrons. The monoisotopic (exact) mass is 250 g/mol. The summed E-state index contributed by atoms with van der Waals surface area (Å²) in [7, 11) is 0. The average Bonchev–Trinajstić information content (AvgIpc) is 2.34. The van der Waals surface area contributed by atoms with Crippen LogP contribution in [-0.2, 0) is 6.54 Å². The summed E-state index contributed by atoms with van der Waals surface area (Å²) in [5, 5.41) is 3.39. The zero-order valence-corrected chi connectivity index (χ0v) is 12.1. The van der Waals surface area contributed by atoms with Crippen molar-refractivity contribution in [3.63, 3.8) is 0 Å². The molecule has 0 aliphatic rings. The zero-order valence-electron chi connectivity index (χ0n) is 12.1. The number of ether oxygens (including phenoxy) is 1. The van der Waals surface area contributed by atoms with Crippen LogP contribution in [0.4, 0.5) is 0 Å². The molecule has 0 aromatic carbocycles. The van der Waals surface area contributed by atoms with Crippen molar-refractivity contribution in [2.24, 2.45) is 0 Å². The number of nitrogens with one attached hydrogen (secondary N) is 1. The van der Waals surface area contributed by atoms with Gasteiger partial charge in [-0.2, -0.15) is 0 Å². The van der Waals surface area contributed by atoms with Crippen LogP contribution < -0.4 is 10.1 Å². The number of rotatable bonds is 8. The lowest BCUT2D eigenvalue weighted by Gasteiger charge is -2.13. The van der Waals surface area contributed by atoms with Crippen molar-refractivity contribution in [2.75, 3.05) is 6.61 Å². The van der Waals surface area contributed by atoms with Gasteiger partial charge < -0.3 is 10.1 Å². The molecule has 1 heterocycles. The third-order valence-corrected chi connectivity index (χ3v) is 2.75. The highest BCUT2D eigenvalue weighted by molar-refractivity contribution is 5.29. The Hall–Kier alpha value is -1.09. The van der Waals surface area contributed by atoms with Gasteiger partial charge >= 0.3 is 0 Å². The minimum atomic E-state index is 0.459. The zero-order chi connectivity index (χ0) is 13.4. The Balaban J connectivity index is 2.58. The van der Waals surface area contributed by atoms with Crippen LogP contribution in [-0.4, -0.2) is 17.6 Å². The summed E-state index contributed by atoms with van der Waals surface area (Å²) in [5.74, 6) is 0.921. The van der Waals surface area contributed by atoms with Crippen molar-refractivity contribution < 1.29 is 4.74 Å². The number of hydrogen-bond acceptors (Lipinski definition) is 3. The van der Waals surface area contributed by atoms with Crippen LogP contribution in [0.15, 0.2) is 12.1 Å². The van der Waals surface area contributed by atoms with Gasteiger partial charge in [0.2, 0.25) is 0 Å². The molecule has 1 aromatic heterocycles. The minimum absolute atomic E-state index is 0.459. The van der Waals surface area contributed by atoms with Crippen LogP contribution >= 0.6 is 0 Å². The Kier molecular flexibility index (Phi) is 6.73. The number of hydrogen-bond donors (Lipinski definition) is 1. The van der Waals surface area contributed by atoms with E-state index in [2.05, 4.69) is 31.1 Å². The average molecular weight is 250 g/mol. The molecule has 1 rings (SSSR count). The van der Waals surface area contributed by atoms with Gasteiger partial charge in [-0.3, -0.25) is 4.98 Å². The Morgan fingerprint density at radius 1 is 1.28 bits per heavy atom. The lowest BCUT2D eigenvalue weighted by molar-refractivity contribution is 0.300. The number of pyridine rings is 1.